The van der Waals surface area contributed by atoms with Crippen molar-refractivity contribution >= 4 is 5.91 Å². The highest BCUT2D eigenvalue weighted by molar-refractivity contribution is 5.74. The number of carbonyl (C=O) groups is 1. The number of aliphatic hydroxyl groups excluding tert-OH is 1. The quantitative estimate of drug-likeness (QED) is 0.151. The molecule has 0 saturated carbocycles. The lowest BCUT2D eigenvalue weighted by Gasteiger charge is -2.00. The summed E-state index contributed by atoms with van der Waals surface area (Å²) in [7, 11) is 0. The molecule has 0 aliphatic heterocycles. The van der Waals surface area contributed by atoms with E-state index in [9.17, 15) is 4.79 Å². The molecular formula is C16H32N2O2. The monoisotopic (exact) mass is 284 g/mol. The van der Waals surface area contributed by atoms with E-state index in [2.05, 4.69) is 17.6 Å². The lowest BCUT2D eigenvalue weighted by molar-refractivity contribution is -0.121. The Labute approximate surface area is 123 Å². The third-order valence-corrected chi connectivity index (χ3v) is 3.38. The highest BCUT2D eigenvalue weighted by Crippen LogP contribution is 2.08. The number of hydrazine groups is 1. The molecule has 0 saturated heterocycles. The van der Waals surface area contributed by atoms with Crippen molar-refractivity contribution in [2.75, 3.05) is 6.61 Å². The number of carbonyl (C=O) groups excluding carboxylic acids is 1. The van der Waals surface area contributed by atoms with Crippen LogP contribution in [0.25, 0.3) is 0 Å². The first-order chi connectivity index (χ1) is 9.81. The fourth-order valence-electron chi connectivity index (χ4n) is 2.11. The molecule has 0 radical (unpaired) electrons. The summed E-state index contributed by atoms with van der Waals surface area (Å²) in [5.41, 5.74) is 2.15. The van der Waals surface area contributed by atoms with Crippen LogP contribution < -0.4 is 11.3 Å². The molecule has 1 amide bonds. The van der Waals surface area contributed by atoms with Crippen molar-refractivity contribution < 1.29 is 9.90 Å². The minimum Gasteiger partial charge on any atom is -0.396 e. The Bertz CT molecular complexity index is 243. The van der Waals surface area contributed by atoms with Gasteiger partial charge in [0.25, 0.3) is 0 Å². The minimum atomic E-state index is -0.0630. The Kier molecular flexibility index (Phi) is 15.5. The van der Waals surface area contributed by atoms with Crippen LogP contribution in [0, 0.1) is 0 Å². The summed E-state index contributed by atoms with van der Waals surface area (Å²) >= 11 is 0. The van der Waals surface area contributed by atoms with Gasteiger partial charge in [-0.15, -0.1) is 0 Å². The topological polar surface area (TPSA) is 75.3 Å². The molecule has 4 nitrogen and oxygen atoms in total. The zero-order valence-corrected chi connectivity index (χ0v) is 12.8. The summed E-state index contributed by atoms with van der Waals surface area (Å²) in [5, 5.41) is 8.64. The number of rotatable bonds is 14. The molecule has 0 rings (SSSR count). The van der Waals surface area contributed by atoms with Gasteiger partial charge in [-0.2, -0.15) is 0 Å². The molecule has 4 heteroatoms. The van der Waals surface area contributed by atoms with Gasteiger partial charge in [-0.3, -0.25) is 10.2 Å². The van der Waals surface area contributed by atoms with E-state index in [1.165, 1.54) is 44.9 Å². The molecule has 20 heavy (non-hydrogen) atoms. The number of nitrogens with two attached hydrogens (primary N) is 1. The van der Waals surface area contributed by atoms with Gasteiger partial charge >= 0.3 is 0 Å². The van der Waals surface area contributed by atoms with E-state index in [1.54, 1.807) is 0 Å². The van der Waals surface area contributed by atoms with E-state index in [0.29, 0.717) is 13.0 Å². The molecule has 0 aromatic carbocycles. The van der Waals surface area contributed by atoms with Gasteiger partial charge in [-0.05, 0) is 38.5 Å². The van der Waals surface area contributed by atoms with Crippen molar-refractivity contribution in [3.63, 3.8) is 0 Å². The van der Waals surface area contributed by atoms with Gasteiger partial charge < -0.3 is 5.11 Å². The second-order valence-electron chi connectivity index (χ2n) is 5.27. The Balaban J connectivity index is 3.10. The van der Waals surface area contributed by atoms with Gasteiger partial charge in [-0.1, -0.05) is 44.3 Å². The van der Waals surface area contributed by atoms with Crippen LogP contribution in [-0.2, 0) is 4.79 Å². The summed E-state index contributed by atoms with van der Waals surface area (Å²) in [6.45, 7) is 0.326. The first kappa shape index (κ1) is 19.1. The van der Waals surface area contributed by atoms with Crippen molar-refractivity contribution in [1.29, 1.82) is 0 Å². The van der Waals surface area contributed by atoms with Gasteiger partial charge in [0.2, 0.25) is 5.91 Å². The van der Waals surface area contributed by atoms with Gasteiger partial charge in [0, 0.05) is 13.0 Å². The Hall–Kier alpha value is -0.870. The standard InChI is InChI=1S/C16H32N2O2/c17-18-16(20)14-12-10-8-6-4-2-1-3-5-7-9-11-13-15-19/h1,3,19H,2,4-15,17H2,(H,18,20)/b3-1+. The highest BCUT2D eigenvalue weighted by atomic mass is 16.2. The highest BCUT2D eigenvalue weighted by Gasteiger charge is 1.97. The van der Waals surface area contributed by atoms with Gasteiger partial charge in [0.05, 0.1) is 0 Å². The molecule has 0 spiro atoms. The molecule has 0 aromatic heterocycles. The lowest BCUT2D eigenvalue weighted by atomic mass is 10.1. The summed E-state index contributed by atoms with van der Waals surface area (Å²) in [5.74, 6) is 4.95. The fraction of sp³-hybridized carbons (Fsp3) is 0.812. The maximum Gasteiger partial charge on any atom is 0.233 e. The van der Waals surface area contributed by atoms with Crippen molar-refractivity contribution in [1.82, 2.24) is 5.43 Å². The molecule has 0 aromatic rings. The number of allylic oxidation sites excluding steroid dienone is 2. The lowest BCUT2D eigenvalue weighted by Crippen LogP contribution is -2.29. The van der Waals surface area contributed by atoms with E-state index in [-0.39, 0.29) is 5.91 Å². The molecule has 0 unspecified atom stereocenters. The molecule has 0 atom stereocenters. The normalized spacial score (nSPS) is 11.1. The van der Waals surface area contributed by atoms with Crippen molar-refractivity contribution in [3.8, 4) is 0 Å². The van der Waals surface area contributed by atoms with Gasteiger partial charge in [0.1, 0.15) is 0 Å². The van der Waals surface area contributed by atoms with Crippen LogP contribution in [0.4, 0.5) is 0 Å². The average molecular weight is 284 g/mol. The number of aliphatic hydroxyl groups is 1. The summed E-state index contributed by atoms with van der Waals surface area (Å²) in [6.07, 6.45) is 17.7. The summed E-state index contributed by atoms with van der Waals surface area (Å²) in [6, 6.07) is 0. The Morgan fingerprint density at radius 1 is 0.850 bits per heavy atom. The van der Waals surface area contributed by atoms with E-state index in [1.807, 2.05) is 0 Å². The first-order valence-corrected chi connectivity index (χ1v) is 8.06. The largest absolute Gasteiger partial charge is 0.396 e. The zero-order valence-electron chi connectivity index (χ0n) is 12.8. The van der Waals surface area contributed by atoms with Crippen LogP contribution in [-0.4, -0.2) is 17.6 Å². The third kappa shape index (κ3) is 15.2. The summed E-state index contributed by atoms with van der Waals surface area (Å²) in [4.78, 5) is 10.9. The molecule has 0 fully saturated rings. The molecule has 118 valence electrons. The van der Waals surface area contributed by atoms with Gasteiger partial charge in [-0.25, -0.2) is 5.84 Å². The number of hydrogen-bond acceptors (Lipinski definition) is 3. The van der Waals surface area contributed by atoms with Crippen LogP contribution in [0.2, 0.25) is 0 Å². The average Bonchev–Trinajstić information content (AvgIpc) is 2.47. The smallest absolute Gasteiger partial charge is 0.233 e. The maximum atomic E-state index is 10.9. The number of nitrogens with one attached hydrogen (secondary N) is 1. The minimum absolute atomic E-state index is 0.0630. The Morgan fingerprint density at radius 2 is 1.35 bits per heavy atom. The SMILES string of the molecule is NNC(=O)CCCCCCC/C=C/CCCCCCO. The number of unbranched alkanes of at least 4 members (excludes halogenated alkanes) is 9. The van der Waals surface area contributed by atoms with E-state index in [0.717, 1.165) is 25.7 Å². The second kappa shape index (κ2) is 16.2. The van der Waals surface area contributed by atoms with E-state index < -0.39 is 0 Å². The van der Waals surface area contributed by atoms with Crippen molar-refractivity contribution in [2.45, 2.75) is 77.0 Å². The first-order valence-electron chi connectivity index (χ1n) is 8.06. The molecule has 0 heterocycles. The second-order valence-corrected chi connectivity index (χ2v) is 5.27. The number of hydrogen-bond donors (Lipinski definition) is 3. The zero-order chi connectivity index (χ0) is 14.9. The van der Waals surface area contributed by atoms with E-state index in [4.69, 9.17) is 10.9 Å². The predicted molar refractivity (Wildman–Crippen MR) is 84.0 cm³/mol. The molecule has 0 aliphatic carbocycles. The predicted octanol–water partition coefficient (Wildman–Crippen LogP) is 3.21. The van der Waals surface area contributed by atoms with E-state index >= 15 is 0 Å². The van der Waals surface area contributed by atoms with Crippen molar-refractivity contribution in [2.24, 2.45) is 5.84 Å². The molecule has 0 bridgehead atoms. The van der Waals surface area contributed by atoms with Crippen LogP contribution >= 0.6 is 0 Å². The fourth-order valence-corrected chi connectivity index (χ4v) is 2.11. The molecule has 0 aliphatic rings. The van der Waals surface area contributed by atoms with Crippen molar-refractivity contribution in [3.05, 3.63) is 12.2 Å². The molecule has 4 N–H and O–H groups in total. The third-order valence-electron chi connectivity index (χ3n) is 3.38. The van der Waals surface area contributed by atoms with Crippen LogP contribution in [0.5, 0.6) is 0 Å². The summed E-state index contributed by atoms with van der Waals surface area (Å²) < 4.78 is 0. The maximum absolute atomic E-state index is 10.9. The Morgan fingerprint density at radius 3 is 1.90 bits per heavy atom. The number of amides is 1. The molecular weight excluding hydrogens is 252 g/mol. The van der Waals surface area contributed by atoms with Crippen LogP contribution in [0.15, 0.2) is 12.2 Å². The van der Waals surface area contributed by atoms with Crippen LogP contribution in [0.3, 0.4) is 0 Å². The van der Waals surface area contributed by atoms with Crippen LogP contribution in [0.1, 0.15) is 77.0 Å². The van der Waals surface area contributed by atoms with Gasteiger partial charge in [0.15, 0.2) is 0 Å².